The summed E-state index contributed by atoms with van der Waals surface area (Å²) in [6.07, 6.45) is 0. The first kappa shape index (κ1) is 10.8. The minimum absolute atomic E-state index is 0.0407. The number of aromatic nitrogens is 2. The van der Waals surface area contributed by atoms with Crippen LogP contribution in [0.15, 0.2) is 9.98 Å². The summed E-state index contributed by atoms with van der Waals surface area (Å²) in [6, 6.07) is 0. The van der Waals surface area contributed by atoms with Crippen LogP contribution in [0.4, 0.5) is 11.5 Å². The van der Waals surface area contributed by atoms with Crippen molar-refractivity contribution in [3.8, 4) is 0 Å². The summed E-state index contributed by atoms with van der Waals surface area (Å²) in [4.78, 5) is 7.87. The van der Waals surface area contributed by atoms with Gasteiger partial charge >= 0.3 is 0 Å². The number of hydrogen-bond acceptors (Lipinski definition) is 9. The maximum Gasteiger partial charge on any atom is 0.232 e. The van der Waals surface area contributed by atoms with Crippen LogP contribution in [0.25, 0.3) is 0 Å². The molecule has 2 atom stereocenters. The lowest BCUT2D eigenvalue weighted by atomic mass is 9.96. The molecule has 0 aromatic carbocycles. The van der Waals surface area contributed by atoms with Crippen molar-refractivity contribution in [1.29, 1.82) is 0 Å². The number of nitrogens with zero attached hydrogens (tertiary/aromatic N) is 3. The molecule has 3 heterocycles. The highest BCUT2D eigenvalue weighted by atomic mass is 15.5. The lowest BCUT2D eigenvalue weighted by Crippen LogP contribution is -2.81. The fraction of sp³-hybridized carbons (Fsp3) is 0.375. The number of hydrogen-bond donors (Lipinski definition) is 7. The molecule has 3 rings (SSSR count). The zero-order valence-corrected chi connectivity index (χ0v) is 9.65. The van der Waals surface area contributed by atoms with Crippen molar-refractivity contribution >= 4 is 23.3 Å². The lowest BCUT2D eigenvalue weighted by Gasteiger charge is -2.47. The van der Waals surface area contributed by atoms with Crippen LogP contribution in [0.3, 0.4) is 0 Å². The summed E-state index contributed by atoms with van der Waals surface area (Å²) in [6.45, 7) is 1.83. The molecule has 0 bridgehead atoms. The van der Waals surface area contributed by atoms with Gasteiger partial charge in [-0.05, 0) is 6.92 Å². The number of aliphatic imine (C=N–C) groups is 2. The van der Waals surface area contributed by atoms with Gasteiger partial charge in [0.15, 0.2) is 5.82 Å². The topological polar surface area (TPSA) is 182 Å². The fourth-order valence-corrected chi connectivity index (χ4v) is 2.04. The van der Waals surface area contributed by atoms with E-state index >= 15 is 0 Å². The fourth-order valence-electron chi connectivity index (χ4n) is 2.04. The smallest absolute Gasteiger partial charge is 0.232 e. The highest BCUT2D eigenvalue weighted by Crippen LogP contribution is 2.37. The Labute approximate surface area is 102 Å². The summed E-state index contributed by atoms with van der Waals surface area (Å²) < 4.78 is 0. The van der Waals surface area contributed by atoms with E-state index in [0.717, 1.165) is 5.69 Å². The van der Waals surface area contributed by atoms with Gasteiger partial charge in [-0.1, -0.05) is 0 Å². The number of aryl methyl sites for hydroxylation is 1. The molecule has 2 aliphatic rings. The molecule has 1 aromatic heterocycles. The van der Waals surface area contributed by atoms with Gasteiger partial charge in [0.05, 0.1) is 5.69 Å². The van der Waals surface area contributed by atoms with Crippen molar-refractivity contribution in [1.82, 2.24) is 10.2 Å². The van der Waals surface area contributed by atoms with Crippen LogP contribution in [0.2, 0.25) is 0 Å². The summed E-state index contributed by atoms with van der Waals surface area (Å²) >= 11 is 0. The van der Waals surface area contributed by atoms with E-state index in [1.54, 1.807) is 0 Å². The summed E-state index contributed by atoms with van der Waals surface area (Å²) in [7, 11) is 0. The Bertz CT molecular complexity index is 585. The van der Waals surface area contributed by atoms with Crippen molar-refractivity contribution in [2.45, 2.75) is 18.4 Å². The van der Waals surface area contributed by atoms with Gasteiger partial charge in [0, 0.05) is 0 Å². The zero-order valence-electron chi connectivity index (χ0n) is 9.65. The number of H-pyrrole nitrogens is 1. The Kier molecular flexibility index (Phi) is 1.75. The Morgan fingerprint density at radius 2 is 1.89 bits per heavy atom. The van der Waals surface area contributed by atoms with E-state index in [4.69, 9.17) is 22.9 Å². The quantitative estimate of drug-likeness (QED) is 0.265. The molecule has 96 valence electrons. The number of aromatic amines is 1. The minimum Gasteiger partial charge on any atom is -0.384 e. The number of guanidine groups is 1. The van der Waals surface area contributed by atoms with E-state index in [0.29, 0.717) is 11.5 Å². The molecule has 10 heteroatoms. The highest BCUT2D eigenvalue weighted by Gasteiger charge is 2.56. The first-order valence-corrected chi connectivity index (χ1v) is 5.25. The molecule has 11 N–H and O–H groups in total. The van der Waals surface area contributed by atoms with Crippen LogP contribution in [0, 0.1) is 6.92 Å². The van der Waals surface area contributed by atoms with Gasteiger partial charge < -0.3 is 22.1 Å². The highest BCUT2D eigenvalue weighted by molar-refractivity contribution is 6.06. The van der Waals surface area contributed by atoms with Crippen molar-refractivity contribution in [3.63, 3.8) is 0 Å². The second kappa shape index (κ2) is 2.91. The van der Waals surface area contributed by atoms with Gasteiger partial charge in [0.2, 0.25) is 17.4 Å². The van der Waals surface area contributed by atoms with Crippen LogP contribution < -0.4 is 33.6 Å². The molecule has 0 saturated heterocycles. The van der Waals surface area contributed by atoms with E-state index in [1.165, 1.54) is 0 Å². The van der Waals surface area contributed by atoms with Crippen LogP contribution in [-0.4, -0.2) is 33.4 Å². The average Bonchev–Trinajstić information content (AvgIpc) is 2.59. The van der Waals surface area contributed by atoms with Crippen LogP contribution in [0.1, 0.15) is 5.69 Å². The first-order valence-electron chi connectivity index (χ1n) is 5.25. The van der Waals surface area contributed by atoms with Gasteiger partial charge in [0.1, 0.15) is 11.5 Å². The number of anilines is 2. The summed E-state index contributed by atoms with van der Waals surface area (Å²) in [5.41, 5.74) is 23.8. The molecule has 0 radical (unpaired) electrons. The predicted octanol–water partition coefficient (Wildman–Crippen LogP) is -2.49. The molecule has 10 nitrogen and oxygen atoms in total. The second-order valence-electron chi connectivity index (χ2n) is 4.36. The Hall–Kier alpha value is -2.33. The Balaban J connectivity index is 2.19. The number of nitrogens with one attached hydrogen (secondary N) is 3. The minimum atomic E-state index is -1.45. The third kappa shape index (κ3) is 1.10. The molecule has 2 aliphatic heterocycles. The third-order valence-electron chi connectivity index (χ3n) is 3.11. The van der Waals surface area contributed by atoms with E-state index in [-0.39, 0.29) is 11.8 Å². The Morgan fingerprint density at radius 1 is 1.17 bits per heavy atom. The number of nitrogens with two attached hydrogens (primary N) is 4. The van der Waals surface area contributed by atoms with Gasteiger partial charge in [-0.15, -0.1) is 0 Å². The number of amidine groups is 1. The van der Waals surface area contributed by atoms with E-state index in [2.05, 4.69) is 30.8 Å². The maximum absolute atomic E-state index is 6.19. The van der Waals surface area contributed by atoms with Crippen molar-refractivity contribution in [2.24, 2.45) is 32.9 Å². The van der Waals surface area contributed by atoms with Crippen molar-refractivity contribution < 1.29 is 0 Å². The molecular weight excluding hydrogens is 236 g/mol. The van der Waals surface area contributed by atoms with Gasteiger partial charge in [-0.2, -0.15) is 10.1 Å². The SMILES string of the molecule is Cc1[nH]nc2c1NC1(N)C(N)=NC(N)=NC1(N)N2. The number of rotatable bonds is 0. The standard InChI is InChI=1S/C8H14N10/c1-2-3-4(18-17-2)15-8(12)7(11,14-3)5(9)13-6(10)16-8/h14H,11-12H2,1H3,(H2,15,17,18)(H4,9,10,13,16). The Morgan fingerprint density at radius 3 is 2.61 bits per heavy atom. The molecular formula is C8H14N10. The second-order valence-corrected chi connectivity index (χ2v) is 4.36. The van der Waals surface area contributed by atoms with Crippen molar-refractivity contribution in [2.75, 3.05) is 10.6 Å². The predicted molar refractivity (Wildman–Crippen MR) is 67.7 cm³/mol. The normalized spacial score (nSPS) is 33.5. The largest absolute Gasteiger partial charge is 0.384 e. The third-order valence-corrected chi connectivity index (χ3v) is 3.11. The molecule has 0 aliphatic carbocycles. The average molecular weight is 250 g/mol. The van der Waals surface area contributed by atoms with Gasteiger partial charge in [-0.25, -0.2) is 4.99 Å². The summed E-state index contributed by atoms with van der Waals surface area (Å²) in [5, 5.41) is 12.8. The van der Waals surface area contributed by atoms with Crippen molar-refractivity contribution in [3.05, 3.63) is 5.69 Å². The molecule has 0 saturated carbocycles. The van der Waals surface area contributed by atoms with Crippen LogP contribution in [-0.2, 0) is 0 Å². The van der Waals surface area contributed by atoms with E-state index < -0.39 is 11.4 Å². The number of fused-ring (bicyclic) bond motifs is 2. The van der Waals surface area contributed by atoms with Crippen LogP contribution in [0.5, 0.6) is 0 Å². The lowest BCUT2D eigenvalue weighted by molar-refractivity contribution is 0.358. The molecule has 18 heavy (non-hydrogen) atoms. The van der Waals surface area contributed by atoms with Gasteiger partial charge in [-0.3, -0.25) is 16.6 Å². The maximum atomic E-state index is 6.19. The van der Waals surface area contributed by atoms with Crippen LogP contribution >= 0.6 is 0 Å². The molecule has 2 unspecified atom stereocenters. The monoisotopic (exact) mass is 250 g/mol. The molecule has 0 amide bonds. The molecule has 0 fully saturated rings. The molecule has 0 spiro atoms. The first-order chi connectivity index (χ1) is 8.36. The van der Waals surface area contributed by atoms with Gasteiger partial charge in [0.25, 0.3) is 0 Å². The molecule has 1 aromatic rings. The summed E-state index contributed by atoms with van der Waals surface area (Å²) in [5.74, 6) is -0.933. The van der Waals surface area contributed by atoms with E-state index in [1.807, 2.05) is 6.92 Å². The van der Waals surface area contributed by atoms with E-state index in [9.17, 15) is 0 Å². The zero-order chi connectivity index (χ0) is 13.1.